The van der Waals surface area contributed by atoms with Gasteiger partial charge in [0, 0.05) is 6.42 Å². The van der Waals surface area contributed by atoms with E-state index in [0.29, 0.717) is 19.5 Å². The number of para-hydroxylation sites is 1. The molecule has 2 N–H and O–H groups in total. The molecule has 0 aromatic heterocycles. The average Bonchev–Trinajstić information content (AvgIpc) is 2.86. The predicted octanol–water partition coefficient (Wildman–Crippen LogP) is 1.40. The summed E-state index contributed by atoms with van der Waals surface area (Å²) in [6, 6.07) is 8.90. The van der Waals surface area contributed by atoms with Crippen LogP contribution in [0.5, 0.6) is 5.75 Å². The summed E-state index contributed by atoms with van der Waals surface area (Å²) in [4.78, 5) is 28.4. The summed E-state index contributed by atoms with van der Waals surface area (Å²) in [6.07, 6.45) is 4.97. The fourth-order valence-electron chi connectivity index (χ4n) is 3.70. The zero-order chi connectivity index (χ0) is 17.6. The smallest absolute Gasteiger partial charge is 0.240 e. The third-order valence-electron chi connectivity index (χ3n) is 5.01. The van der Waals surface area contributed by atoms with Gasteiger partial charge in [0.25, 0.3) is 0 Å². The lowest BCUT2D eigenvalue weighted by molar-refractivity contribution is -0.138. The molecule has 2 atom stereocenters. The molecule has 2 aliphatic heterocycles. The Morgan fingerprint density at radius 3 is 2.40 bits per heavy atom. The van der Waals surface area contributed by atoms with Gasteiger partial charge in [0.05, 0.1) is 13.1 Å². The maximum absolute atomic E-state index is 12.8. The predicted molar refractivity (Wildman–Crippen MR) is 95.1 cm³/mol. The second-order valence-corrected chi connectivity index (χ2v) is 6.94. The summed E-state index contributed by atoms with van der Waals surface area (Å²) in [6.45, 7) is 2.67. The molecule has 0 spiro atoms. The minimum atomic E-state index is -0.576. The second kappa shape index (κ2) is 8.34. The van der Waals surface area contributed by atoms with Crippen molar-refractivity contribution < 1.29 is 14.3 Å². The van der Waals surface area contributed by atoms with Crippen LogP contribution in [0.15, 0.2) is 30.3 Å². The zero-order valence-corrected chi connectivity index (χ0v) is 14.6. The van der Waals surface area contributed by atoms with E-state index >= 15 is 0 Å². The van der Waals surface area contributed by atoms with Crippen LogP contribution < -0.4 is 10.5 Å². The Bertz CT molecular complexity index is 585. The number of likely N-dealkylation sites (tertiary alicyclic amines) is 2. The van der Waals surface area contributed by atoms with Gasteiger partial charge in [-0.05, 0) is 38.1 Å². The fraction of sp³-hybridized carbons (Fsp3) is 0.579. The Balaban J connectivity index is 1.61. The summed E-state index contributed by atoms with van der Waals surface area (Å²) in [5.74, 6) is 0.269. The summed E-state index contributed by atoms with van der Waals surface area (Å²) >= 11 is 0. The van der Waals surface area contributed by atoms with E-state index in [0.717, 1.165) is 31.7 Å². The van der Waals surface area contributed by atoms with Gasteiger partial charge in [-0.2, -0.15) is 0 Å². The number of amides is 2. The lowest BCUT2D eigenvalue weighted by Gasteiger charge is -2.26. The molecule has 0 radical (unpaired) electrons. The van der Waals surface area contributed by atoms with Crippen molar-refractivity contribution in [3.05, 3.63) is 30.3 Å². The molecule has 0 saturated carbocycles. The first kappa shape index (κ1) is 17.7. The van der Waals surface area contributed by atoms with E-state index in [9.17, 15) is 9.59 Å². The Kier molecular flexibility index (Phi) is 5.91. The topological polar surface area (TPSA) is 75.9 Å². The maximum atomic E-state index is 12.8. The molecule has 6 heteroatoms. The van der Waals surface area contributed by atoms with Gasteiger partial charge in [-0.25, -0.2) is 0 Å². The molecule has 3 rings (SSSR count). The number of rotatable bonds is 5. The highest BCUT2D eigenvalue weighted by atomic mass is 16.5. The van der Waals surface area contributed by atoms with Gasteiger partial charge in [0.15, 0.2) is 0 Å². The molecular formula is C19H27N3O3. The van der Waals surface area contributed by atoms with Crippen molar-refractivity contribution >= 4 is 11.8 Å². The molecule has 2 saturated heterocycles. The Labute approximate surface area is 148 Å². The lowest BCUT2D eigenvalue weighted by Crippen LogP contribution is -2.47. The fourth-order valence-corrected chi connectivity index (χ4v) is 3.70. The molecule has 1 aromatic rings. The molecule has 2 fully saturated rings. The molecule has 1 aromatic carbocycles. The summed E-state index contributed by atoms with van der Waals surface area (Å²) in [5, 5.41) is 0. The quantitative estimate of drug-likeness (QED) is 0.875. The van der Waals surface area contributed by atoms with Crippen molar-refractivity contribution in [3.63, 3.8) is 0 Å². The summed E-state index contributed by atoms with van der Waals surface area (Å²) in [7, 11) is 0. The monoisotopic (exact) mass is 345 g/mol. The van der Waals surface area contributed by atoms with Crippen LogP contribution in [-0.2, 0) is 9.59 Å². The standard InChI is InChI=1S/C19H27N3O3/c20-19(24)17-12-16(25-15-8-4-3-5-9-15)13-22(17)18(23)14-21-10-6-1-2-7-11-21/h3-5,8-9,16-17H,1-2,6-7,10-14H2,(H2,20,24)/t16-,17-/m0/s1. The number of carbonyl (C=O) groups excluding carboxylic acids is 2. The van der Waals surface area contributed by atoms with Crippen molar-refractivity contribution in [2.45, 2.75) is 44.2 Å². The molecule has 0 aliphatic carbocycles. The zero-order valence-electron chi connectivity index (χ0n) is 14.6. The third kappa shape index (κ3) is 4.72. The van der Waals surface area contributed by atoms with Crippen LogP contribution in [0.3, 0.4) is 0 Å². The largest absolute Gasteiger partial charge is 0.488 e. The van der Waals surface area contributed by atoms with Crippen LogP contribution in [0.25, 0.3) is 0 Å². The van der Waals surface area contributed by atoms with Crippen LogP contribution >= 0.6 is 0 Å². The number of primary amides is 1. The number of carbonyl (C=O) groups is 2. The molecule has 0 bridgehead atoms. The van der Waals surface area contributed by atoms with Gasteiger partial charge in [0.2, 0.25) is 11.8 Å². The lowest BCUT2D eigenvalue weighted by atomic mass is 10.2. The SMILES string of the molecule is NC(=O)[C@@H]1C[C@H](Oc2ccccc2)CN1C(=O)CN1CCCCCC1. The molecule has 25 heavy (non-hydrogen) atoms. The number of nitrogens with two attached hydrogens (primary N) is 1. The first-order chi connectivity index (χ1) is 12.1. The second-order valence-electron chi connectivity index (χ2n) is 6.94. The van der Waals surface area contributed by atoms with Crippen molar-refractivity contribution in [2.24, 2.45) is 5.73 Å². The molecule has 2 amide bonds. The van der Waals surface area contributed by atoms with E-state index in [1.54, 1.807) is 4.90 Å². The van der Waals surface area contributed by atoms with Gasteiger partial charge in [-0.1, -0.05) is 31.0 Å². The molecule has 2 aliphatic rings. The van der Waals surface area contributed by atoms with E-state index in [-0.39, 0.29) is 12.0 Å². The van der Waals surface area contributed by atoms with Gasteiger partial charge in [-0.15, -0.1) is 0 Å². The molecular weight excluding hydrogens is 318 g/mol. The van der Waals surface area contributed by atoms with Crippen LogP contribution in [0.1, 0.15) is 32.1 Å². The highest BCUT2D eigenvalue weighted by molar-refractivity contribution is 5.88. The first-order valence-electron chi connectivity index (χ1n) is 9.16. The minimum Gasteiger partial charge on any atom is -0.488 e. The van der Waals surface area contributed by atoms with Gasteiger partial charge < -0.3 is 15.4 Å². The van der Waals surface area contributed by atoms with E-state index in [1.807, 2.05) is 30.3 Å². The van der Waals surface area contributed by atoms with Crippen molar-refractivity contribution in [1.29, 1.82) is 0 Å². The number of hydrogen-bond acceptors (Lipinski definition) is 4. The first-order valence-corrected chi connectivity index (χ1v) is 9.16. The maximum Gasteiger partial charge on any atom is 0.240 e. The number of nitrogens with zero attached hydrogens (tertiary/aromatic N) is 2. The van der Waals surface area contributed by atoms with E-state index in [4.69, 9.17) is 10.5 Å². The van der Waals surface area contributed by atoms with E-state index in [1.165, 1.54) is 12.8 Å². The van der Waals surface area contributed by atoms with Gasteiger partial charge in [-0.3, -0.25) is 14.5 Å². The van der Waals surface area contributed by atoms with Crippen molar-refractivity contribution in [1.82, 2.24) is 9.80 Å². The Hall–Kier alpha value is -2.08. The normalized spacial score (nSPS) is 24.7. The van der Waals surface area contributed by atoms with Crippen LogP contribution in [0.2, 0.25) is 0 Å². The minimum absolute atomic E-state index is 0.0233. The number of ether oxygens (including phenoxy) is 1. The third-order valence-corrected chi connectivity index (χ3v) is 5.01. The van der Waals surface area contributed by atoms with Crippen LogP contribution in [0, 0.1) is 0 Å². The highest BCUT2D eigenvalue weighted by Crippen LogP contribution is 2.23. The van der Waals surface area contributed by atoms with Gasteiger partial charge >= 0.3 is 0 Å². The Morgan fingerprint density at radius 1 is 1.08 bits per heavy atom. The molecule has 0 unspecified atom stereocenters. The van der Waals surface area contributed by atoms with E-state index < -0.39 is 11.9 Å². The van der Waals surface area contributed by atoms with Crippen LogP contribution in [-0.4, -0.2) is 59.9 Å². The number of benzene rings is 1. The van der Waals surface area contributed by atoms with Crippen molar-refractivity contribution in [2.75, 3.05) is 26.2 Å². The number of hydrogen-bond donors (Lipinski definition) is 1. The average molecular weight is 345 g/mol. The van der Waals surface area contributed by atoms with E-state index in [2.05, 4.69) is 4.90 Å². The molecule has 6 nitrogen and oxygen atoms in total. The summed E-state index contributed by atoms with van der Waals surface area (Å²) < 4.78 is 5.93. The summed E-state index contributed by atoms with van der Waals surface area (Å²) in [5.41, 5.74) is 5.54. The van der Waals surface area contributed by atoms with Gasteiger partial charge in [0.1, 0.15) is 17.9 Å². The van der Waals surface area contributed by atoms with Crippen LogP contribution in [0.4, 0.5) is 0 Å². The van der Waals surface area contributed by atoms with Crippen molar-refractivity contribution in [3.8, 4) is 5.75 Å². The highest BCUT2D eigenvalue weighted by Gasteiger charge is 2.40. The Morgan fingerprint density at radius 2 is 1.76 bits per heavy atom. The molecule has 2 heterocycles. The molecule has 136 valence electrons.